The van der Waals surface area contributed by atoms with Crippen LogP contribution in [-0.4, -0.2) is 33.6 Å². The highest BCUT2D eigenvalue weighted by atomic mass is 16.4. The molecule has 0 saturated carbocycles. The highest BCUT2D eigenvalue weighted by Gasteiger charge is 2.33. The van der Waals surface area contributed by atoms with E-state index < -0.39 is 12.0 Å². The average Bonchev–Trinajstić information content (AvgIpc) is 2.45. The minimum Gasteiger partial charge on any atom is -0.480 e. The van der Waals surface area contributed by atoms with Gasteiger partial charge < -0.3 is 10.0 Å². The van der Waals surface area contributed by atoms with Gasteiger partial charge in [-0.1, -0.05) is 27.2 Å². The van der Waals surface area contributed by atoms with Crippen molar-refractivity contribution in [2.75, 3.05) is 11.4 Å². The number of rotatable bonds is 4. The van der Waals surface area contributed by atoms with E-state index in [1.807, 2.05) is 17.9 Å². The third-order valence-corrected chi connectivity index (χ3v) is 4.24. The van der Waals surface area contributed by atoms with Gasteiger partial charge in [0, 0.05) is 24.2 Å². The normalized spacial score (nSPS) is 22.6. The van der Waals surface area contributed by atoms with E-state index in [1.165, 1.54) is 0 Å². The van der Waals surface area contributed by atoms with Crippen molar-refractivity contribution in [3.63, 3.8) is 0 Å². The molecule has 1 saturated heterocycles. The monoisotopic (exact) mass is 291 g/mol. The van der Waals surface area contributed by atoms with Crippen LogP contribution in [0.3, 0.4) is 0 Å². The number of hydrogen-bond acceptors (Lipinski definition) is 4. The van der Waals surface area contributed by atoms with Gasteiger partial charge in [0.2, 0.25) is 0 Å². The number of aromatic nitrogens is 2. The van der Waals surface area contributed by atoms with Crippen LogP contribution in [0.2, 0.25) is 0 Å². The van der Waals surface area contributed by atoms with Crippen LogP contribution in [0.25, 0.3) is 0 Å². The second-order valence-electron chi connectivity index (χ2n) is 6.23. The van der Waals surface area contributed by atoms with Gasteiger partial charge in [0.1, 0.15) is 17.7 Å². The SMILES string of the molecule is CCC1CCN(c2cc(C)nc(C(C)C)n2)C(C(=O)O)C1. The summed E-state index contributed by atoms with van der Waals surface area (Å²) in [5, 5.41) is 9.55. The fourth-order valence-corrected chi connectivity index (χ4v) is 2.90. The van der Waals surface area contributed by atoms with Gasteiger partial charge in [0.15, 0.2) is 0 Å². The Morgan fingerprint density at radius 2 is 2.19 bits per heavy atom. The summed E-state index contributed by atoms with van der Waals surface area (Å²) in [6.45, 7) is 8.92. The van der Waals surface area contributed by atoms with Crippen molar-refractivity contribution >= 4 is 11.8 Å². The van der Waals surface area contributed by atoms with Gasteiger partial charge in [-0.05, 0) is 25.7 Å². The van der Waals surface area contributed by atoms with Crippen LogP contribution in [0.5, 0.6) is 0 Å². The smallest absolute Gasteiger partial charge is 0.326 e. The van der Waals surface area contributed by atoms with Crippen LogP contribution in [-0.2, 0) is 4.79 Å². The molecule has 1 aliphatic heterocycles. The fraction of sp³-hybridized carbons (Fsp3) is 0.688. The first-order valence-electron chi connectivity index (χ1n) is 7.77. The molecule has 0 amide bonds. The lowest BCUT2D eigenvalue weighted by molar-refractivity contribution is -0.139. The Morgan fingerprint density at radius 1 is 1.48 bits per heavy atom. The molecule has 1 aliphatic rings. The summed E-state index contributed by atoms with van der Waals surface area (Å²) in [4.78, 5) is 22.6. The molecule has 5 heteroatoms. The van der Waals surface area contributed by atoms with Gasteiger partial charge in [-0.2, -0.15) is 0 Å². The van der Waals surface area contributed by atoms with E-state index in [1.54, 1.807) is 0 Å². The van der Waals surface area contributed by atoms with E-state index in [9.17, 15) is 9.90 Å². The Morgan fingerprint density at radius 3 is 2.76 bits per heavy atom. The van der Waals surface area contributed by atoms with Gasteiger partial charge >= 0.3 is 5.97 Å². The zero-order valence-electron chi connectivity index (χ0n) is 13.3. The second kappa shape index (κ2) is 6.41. The summed E-state index contributed by atoms with van der Waals surface area (Å²) < 4.78 is 0. The number of carboxylic acids is 1. The maximum Gasteiger partial charge on any atom is 0.326 e. The molecule has 1 aromatic rings. The third-order valence-electron chi connectivity index (χ3n) is 4.24. The number of carbonyl (C=O) groups is 1. The summed E-state index contributed by atoms with van der Waals surface area (Å²) in [5.74, 6) is 1.52. The fourth-order valence-electron chi connectivity index (χ4n) is 2.90. The van der Waals surface area contributed by atoms with E-state index in [2.05, 4.69) is 30.7 Å². The Bertz CT molecular complexity index is 516. The van der Waals surface area contributed by atoms with E-state index >= 15 is 0 Å². The summed E-state index contributed by atoms with van der Waals surface area (Å²) in [6, 6.07) is 1.42. The number of anilines is 1. The Labute approximate surface area is 126 Å². The number of aliphatic carboxylic acids is 1. The standard InChI is InChI=1S/C16H25N3O2/c1-5-12-6-7-19(13(9-12)16(20)21)14-8-11(4)17-15(18-14)10(2)3/h8,10,12-13H,5-7,9H2,1-4H3,(H,20,21). The van der Waals surface area contributed by atoms with Crippen molar-refractivity contribution in [2.24, 2.45) is 5.92 Å². The Hall–Kier alpha value is -1.65. The lowest BCUT2D eigenvalue weighted by Gasteiger charge is -2.38. The van der Waals surface area contributed by atoms with E-state index in [0.29, 0.717) is 12.3 Å². The van der Waals surface area contributed by atoms with Crippen LogP contribution in [0, 0.1) is 12.8 Å². The first-order valence-corrected chi connectivity index (χ1v) is 7.77. The van der Waals surface area contributed by atoms with Crippen LogP contribution < -0.4 is 4.90 Å². The molecular formula is C16H25N3O2. The second-order valence-corrected chi connectivity index (χ2v) is 6.23. The van der Waals surface area contributed by atoms with Gasteiger partial charge in [-0.15, -0.1) is 0 Å². The molecule has 21 heavy (non-hydrogen) atoms. The highest BCUT2D eigenvalue weighted by Crippen LogP contribution is 2.29. The number of hydrogen-bond donors (Lipinski definition) is 1. The molecule has 2 rings (SSSR count). The van der Waals surface area contributed by atoms with E-state index in [4.69, 9.17) is 0 Å². The summed E-state index contributed by atoms with van der Waals surface area (Å²) in [5.41, 5.74) is 0.894. The molecule has 1 N–H and O–H groups in total. The topological polar surface area (TPSA) is 66.3 Å². The third kappa shape index (κ3) is 3.52. The van der Waals surface area contributed by atoms with Crippen molar-refractivity contribution in [3.8, 4) is 0 Å². The molecule has 2 unspecified atom stereocenters. The number of nitrogens with zero attached hydrogens (tertiary/aromatic N) is 3. The van der Waals surface area contributed by atoms with E-state index in [-0.39, 0.29) is 5.92 Å². The zero-order valence-corrected chi connectivity index (χ0v) is 13.3. The zero-order chi connectivity index (χ0) is 15.6. The first kappa shape index (κ1) is 15.7. The van der Waals surface area contributed by atoms with Gasteiger partial charge in [-0.25, -0.2) is 14.8 Å². The molecule has 116 valence electrons. The average molecular weight is 291 g/mol. The largest absolute Gasteiger partial charge is 0.480 e. The number of aryl methyl sites for hydroxylation is 1. The summed E-state index contributed by atoms with van der Waals surface area (Å²) in [6.07, 6.45) is 2.77. The van der Waals surface area contributed by atoms with Crippen molar-refractivity contribution in [1.82, 2.24) is 9.97 Å². The van der Waals surface area contributed by atoms with Crippen molar-refractivity contribution in [3.05, 3.63) is 17.6 Å². The lowest BCUT2D eigenvalue weighted by Crippen LogP contribution is -2.47. The molecule has 0 radical (unpaired) electrons. The summed E-state index contributed by atoms with van der Waals surface area (Å²) in [7, 11) is 0. The highest BCUT2D eigenvalue weighted by molar-refractivity contribution is 5.78. The van der Waals surface area contributed by atoms with Gasteiger partial charge in [-0.3, -0.25) is 0 Å². The molecule has 0 aliphatic carbocycles. The number of piperidine rings is 1. The molecule has 0 aromatic carbocycles. The molecule has 2 heterocycles. The molecular weight excluding hydrogens is 266 g/mol. The van der Waals surface area contributed by atoms with Gasteiger partial charge in [0.05, 0.1) is 0 Å². The molecule has 0 spiro atoms. The maximum atomic E-state index is 11.6. The molecule has 0 bridgehead atoms. The van der Waals surface area contributed by atoms with E-state index in [0.717, 1.165) is 36.7 Å². The first-order chi connectivity index (χ1) is 9.92. The predicted molar refractivity (Wildman–Crippen MR) is 82.6 cm³/mol. The molecule has 1 fully saturated rings. The maximum absolute atomic E-state index is 11.6. The Balaban J connectivity index is 2.33. The minimum atomic E-state index is -0.754. The minimum absolute atomic E-state index is 0.236. The number of carboxylic acid groups (broad SMARTS) is 1. The molecule has 1 aromatic heterocycles. The lowest BCUT2D eigenvalue weighted by atomic mass is 9.89. The quantitative estimate of drug-likeness (QED) is 0.923. The Kier molecular flexibility index (Phi) is 4.80. The van der Waals surface area contributed by atoms with Crippen LogP contribution in [0.1, 0.15) is 57.5 Å². The van der Waals surface area contributed by atoms with Crippen molar-refractivity contribution < 1.29 is 9.90 Å². The van der Waals surface area contributed by atoms with Crippen molar-refractivity contribution in [2.45, 2.75) is 58.9 Å². The molecule has 5 nitrogen and oxygen atoms in total. The predicted octanol–water partition coefficient (Wildman–Crippen LogP) is 2.99. The van der Waals surface area contributed by atoms with Crippen LogP contribution in [0.15, 0.2) is 6.07 Å². The van der Waals surface area contributed by atoms with Crippen LogP contribution >= 0.6 is 0 Å². The van der Waals surface area contributed by atoms with Crippen molar-refractivity contribution in [1.29, 1.82) is 0 Å². The molecule has 2 atom stereocenters. The summed E-state index contributed by atoms with van der Waals surface area (Å²) >= 11 is 0. The van der Waals surface area contributed by atoms with Crippen LogP contribution in [0.4, 0.5) is 5.82 Å². The van der Waals surface area contributed by atoms with Gasteiger partial charge in [0.25, 0.3) is 0 Å².